The Morgan fingerprint density at radius 2 is 2.00 bits per heavy atom. The monoisotopic (exact) mass is 358 g/mol. The molecule has 0 spiro atoms. The molecule has 0 saturated carbocycles. The van der Waals surface area contributed by atoms with Gasteiger partial charge in [0.2, 0.25) is 16.9 Å². The molecule has 1 aromatic carbocycles. The molecular weight excluding hydrogens is 336 g/mol. The van der Waals surface area contributed by atoms with Gasteiger partial charge < -0.3 is 10.2 Å². The fourth-order valence-electron chi connectivity index (χ4n) is 3.04. The molecule has 1 unspecified atom stereocenters. The molecule has 0 radical (unpaired) electrons. The highest BCUT2D eigenvalue weighted by molar-refractivity contribution is 7.15. The lowest BCUT2D eigenvalue weighted by Gasteiger charge is -2.16. The second-order valence-electron chi connectivity index (χ2n) is 6.19. The van der Waals surface area contributed by atoms with Gasteiger partial charge in [-0.1, -0.05) is 43.4 Å². The first-order valence-corrected chi connectivity index (χ1v) is 9.43. The molecule has 2 aromatic rings. The smallest absolute Gasteiger partial charge is 0.231 e. The van der Waals surface area contributed by atoms with Crippen molar-refractivity contribution in [2.45, 2.75) is 39.0 Å². The zero-order valence-corrected chi connectivity index (χ0v) is 15.3. The van der Waals surface area contributed by atoms with E-state index in [-0.39, 0.29) is 24.2 Å². The highest BCUT2D eigenvalue weighted by Crippen LogP contribution is 2.29. The first-order valence-electron chi connectivity index (χ1n) is 8.62. The van der Waals surface area contributed by atoms with Crippen LogP contribution in [-0.2, 0) is 9.59 Å². The van der Waals surface area contributed by atoms with Gasteiger partial charge in [0.15, 0.2) is 0 Å². The van der Waals surface area contributed by atoms with Crippen molar-refractivity contribution in [2.75, 3.05) is 16.8 Å². The molecule has 0 bridgehead atoms. The third-order valence-electron chi connectivity index (χ3n) is 4.57. The Morgan fingerprint density at radius 3 is 2.68 bits per heavy atom. The summed E-state index contributed by atoms with van der Waals surface area (Å²) in [6.07, 6.45) is 2.23. The summed E-state index contributed by atoms with van der Waals surface area (Å²) in [6, 6.07) is 9.43. The Kier molecular flexibility index (Phi) is 5.43. The molecule has 25 heavy (non-hydrogen) atoms. The van der Waals surface area contributed by atoms with Crippen LogP contribution in [0.1, 0.15) is 44.0 Å². The van der Waals surface area contributed by atoms with E-state index in [4.69, 9.17) is 0 Å². The molecule has 2 heterocycles. The molecule has 1 N–H and O–H groups in total. The average Bonchev–Trinajstić information content (AvgIpc) is 3.24. The van der Waals surface area contributed by atoms with Crippen molar-refractivity contribution < 1.29 is 9.59 Å². The molecule has 7 heteroatoms. The maximum Gasteiger partial charge on any atom is 0.231 e. The van der Waals surface area contributed by atoms with Gasteiger partial charge in [-0.05, 0) is 25.0 Å². The number of amides is 2. The molecule has 1 aliphatic rings. The summed E-state index contributed by atoms with van der Waals surface area (Å²) in [6.45, 7) is 4.64. The summed E-state index contributed by atoms with van der Waals surface area (Å²) in [5.74, 6) is -0.182. The van der Waals surface area contributed by atoms with Crippen LogP contribution in [0.15, 0.2) is 30.3 Å². The Hall–Kier alpha value is -2.28. The summed E-state index contributed by atoms with van der Waals surface area (Å²) in [5, 5.41) is 12.6. The minimum atomic E-state index is -0.367. The van der Waals surface area contributed by atoms with Crippen molar-refractivity contribution in [2.24, 2.45) is 5.92 Å². The van der Waals surface area contributed by atoms with Crippen molar-refractivity contribution in [3.8, 4) is 0 Å². The van der Waals surface area contributed by atoms with Crippen LogP contribution in [0.2, 0.25) is 0 Å². The van der Waals surface area contributed by atoms with Crippen molar-refractivity contribution >= 4 is 34.0 Å². The lowest BCUT2D eigenvalue weighted by atomic mass is 10.1. The number of hydrogen-bond acceptors (Lipinski definition) is 5. The van der Waals surface area contributed by atoms with Gasteiger partial charge >= 0.3 is 0 Å². The third kappa shape index (κ3) is 3.87. The molecule has 1 saturated heterocycles. The van der Waals surface area contributed by atoms with Crippen molar-refractivity contribution in [1.82, 2.24) is 10.2 Å². The normalized spacial score (nSPS) is 17.3. The highest BCUT2D eigenvalue weighted by Gasteiger charge is 2.35. The van der Waals surface area contributed by atoms with Gasteiger partial charge in [0.1, 0.15) is 5.01 Å². The Morgan fingerprint density at radius 1 is 1.28 bits per heavy atom. The number of carbonyl (C=O) groups is 2. The largest absolute Gasteiger partial charge is 0.312 e. The first kappa shape index (κ1) is 17.5. The number of nitrogens with zero attached hydrogens (tertiary/aromatic N) is 3. The zero-order valence-electron chi connectivity index (χ0n) is 14.4. The van der Waals surface area contributed by atoms with Gasteiger partial charge in [-0.15, -0.1) is 10.2 Å². The average molecular weight is 358 g/mol. The van der Waals surface area contributed by atoms with E-state index in [2.05, 4.69) is 29.4 Å². The number of para-hydroxylation sites is 1. The summed E-state index contributed by atoms with van der Waals surface area (Å²) in [5.41, 5.74) is 0.828. The van der Waals surface area contributed by atoms with Crippen LogP contribution in [-0.4, -0.2) is 28.6 Å². The van der Waals surface area contributed by atoms with E-state index in [1.807, 2.05) is 30.3 Å². The minimum absolute atomic E-state index is 0.0265. The SMILES string of the molecule is CCC(CC)c1nnc(NC(=O)C2CC(=O)N(c3ccccc3)C2)s1. The lowest BCUT2D eigenvalue weighted by Crippen LogP contribution is -2.28. The van der Waals surface area contributed by atoms with Gasteiger partial charge in [-0.2, -0.15) is 0 Å². The van der Waals surface area contributed by atoms with Crippen LogP contribution in [0.5, 0.6) is 0 Å². The molecular formula is C18H22N4O2S. The van der Waals surface area contributed by atoms with Crippen LogP contribution in [0.25, 0.3) is 0 Å². The molecule has 2 amide bonds. The molecule has 1 aliphatic heterocycles. The molecule has 0 aliphatic carbocycles. The van der Waals surface area contributed by atoms with Gasteiger partial charge in [0, 0.05) is 24.6 Å². The van der Waals surface area contributed by atoms with Gasteiger partial charge in [0.25, 0.3) is 0 Å². The van der Waals surface area contributed by atoms with E-state index in [1.165, 1.54) is 11.3 Å². The number of benzene rings is 1. The standard InChI is InChI=1S/C18H22N4O2S/c1-3-12(4-2)17-20-21-18(25-17)19-16(24)13-10-15(23)22(11-13)14-8-6-5-7-9-14/h5-9,12-13H,3-4,10-11H2,1-2H3,(H,19,21,24). The first-order chi connectivity index (χ1) is 12.1. The van der Waals surface area contributed by atoms with E-state index in [0.29, 0.717) is 17.6 Å². The Balaban J connectivity index is 1.64. The molecule has 1 atom stereocenters. The zero-order chi connectivity index (χ0) is 17.8. The third-order valence-corrected chi connectivity index (χ3v) is 5.57. The summed E-state index contributed by atoms with van der Waals surface area (Å²) >= 11 is 1.42. The van der Waals surface area contributed by atoms with Crippen LogP contribution in [0, 0.1) is 5.92 Å². The lowest BCUT2D eigenvalue weighted by molar-refractivity contribution is -0.122. The number of nitrogens with one attached hydrogen (secondary N) is 1. The molecule has 132 valence electrons. The predicted octanol–water partition coefficient (Wildman–Crippen LogP) is 3.43. The molecule has 3 rings (SSSR count). The van der Waals surface area contributed by atoms with E-state index in [0.717, 1.165) is 23.5 Å². The summed E-state index contributed by atoms with van der Waals surface area (Å²) in [4.78, 5) is 26.4. The topological polar surface area (TPSA) is 75.2 Å². The quantitative estimate of drug-likeness (QED) is 0.858. The minimum Gasteiger partial charge on any atom is -0.312 e. The van der Waals surface area contributed by atoms with Gasteiger partial charge in [-0.3, -0.25) is 9.59 Å². The van der Waals surface area contributed by atoms with Gasteiger partial charge in [-0.25, -0.2) is 0 Å². The molecule has 6 nitrogen and oxygen atoms in total. The van der Waals surface area contributed by atoms with E-state index >= 15 is 0 Å². The fraction of sp³-hybridized carbons (Fsp3) is 0.444. The van der Waals surface area contributed by atoms with Crippen molar-refractivity contribution in [1.29, 1.82) is 0 Å². The number of hydrogen-bond donors (Lipinski definition) is 1. The van der Waals surface area contributed by atoms with E-state index in [1.54, 1.807) is 4.90 Å². The van der Waals surface area contributed by atoms with Crippen LogP contribution >= 0.6 is 11.3 Å². The van der Waals surface area contributed by atoms with Crippen LogP contribution < -0.4 is 10.2 Å². The van der Waals surface area contributed by atoms with Crippen LogP contribution in [0.3, 0.4) is 0 Å². The Labute approximate surface area is 151 Å². The van der Waals surface area contributed by atoms with E-state index in [9.17, 15) is 9.59 Å². The van der Waals surface area contributed by atoms with Gasteiger partial charge in [0.05, 0.1) is 5.92 Å². The fourth-order valence-corrected chi connectivity index (χ4v) is 4.05. The van der Waals surface area contributed by atoms with Crippen LogP contribution in [0.4, 0.5) is 10.8 Å². The second-order valence-corrected chi connectivity index (χ2v) is 7.20. The summed E-state index contributed by atoms with van der Waals surface area (Å²) in [7, 11) is 0. The number of rotatable bonds is 6. The number of carbonyl (C=O) groups excluding carboxylic acids is 2. The van der Waals surface area contributed by atoms with E-state index < -0.39 is 0 Å². The maximum absolute atomic E-state index is 12.5. The van der Waals surface area contributed by atoms with Crippen molar-refractivity contribution in [3.05, 3.63) is 35.3 Å². The number of anilines is 2. The predicted molar refractivity (Wildman–Crippen MR) is 98.8 cm³/mol. The summed E-state index contributed by atoms with van der Waals surface area (Å²) < 4.78 is 0. The molecule has 1 fully saturated rings. The Bertz CT molecular complexity index is 743. The highest BCUT2D eigenvalue weighted by atomic mass is 32.1. The maximum atomic E-state index is 12.5. The number of aromatic nitrogens is 2. The second kappa shape index (κ2) is 7.74. The van der Waals surface area contributed by atoms with Crippen molar-refractivity contribution in [3.63, 3.8) is 0 Å². The molecule has 1 aromatic heterocycles.